The maximum absolute atomic E-state index is 2.00. The van der Waals surface area contributed by atoms with E-state index in [1.54, 1.807) is 0 Å². The van der Waals surface area contributed by atoms with E-state index in [9.17, 15) is 0 Å². The Hall–Kier alpha value is 1.01. The van der Waals surface area contributed by atoms with Crippen molar-refractivity contribution in [2.75, 3.05) is 0 Å². The molecule has 0 saturated carbocycles. The molecule has 0 fully saturated rings. The number of hydrogen-bond acceptors (Lipinski definition) is 0. The van der Waals surface area contributed by atoms with Crippen LogP contribution in [0.1, 0.15) is 0 Å². The van der Waals surface area contributed by atoms with Crippen LogP contribution in [0, 0.1) is 0 Å². The molecule has 3 heteroatoms. The van der Waals surface area contributed by atoms with Crippen molar-refractivity contribution in [2.24, 2.45) is 0 Å². The summed E-state index contributed by atoms with van der Waals surface area (Å²) in [4.78, 5) is 0. The van der Waals surface area contributed by atoms with Gasteiger partial charge in [-0.2, -0.15) is 0 Å². The fraction of sp³-hybridized carbons (Fsp3) is 0. The first kappa shape index (κ1) is 16.5. The van der Waals surface area contributed by atoms with Crippen LogP contribution in [0.5, 0.6) is 0 Å². The van der Waals surface area contributed by atoms with Crippen molar-refractivity contribution in [3.63, 3.8) is 0 Å². The summed E-state index contributed by atoms with van der Waals surface area (Å²) in [6.45, 7) is 0. The Labute approximate surface area is 92.3 Å². The molecule has 0 spiro atoms. The molecule has 1 aromatic carbocycles. The zero-order valence-corrected chi connectivity index (χ0v) is 3.46. The average molecular weight is 102 g/mol. The van der Waals surface area contributed by atoms with Crippen LogP contribution in [0.3, 0.4) is 0 Å². The summed E-state index contributed by atoms with van der Waals surface area (Å²) >= 11 is 0. The predicted octanol–water partition coefficient (Wildman–Crippen LogP) is -0.259. The Morgan fingerprint density at radius 3 is 0.556 bits per heavy atom. The molecule has 0 heterocycles. The van der Waals surface area contributed by atoms with Gasteiger partial charge < -0.3 is 0 Å². The summed E-state index contributed by atoms with van der Waals surface area (Å²) in [7, 11) is 0. The van der Waals surface area contributed by atoms with Crippen molar-refractivity contribution in [1.29, 1.82) is 0 Å². The summed E-state index contributed by atoms with van der Waals surface area (Å²) in [5, 5.41) is 0. The number of benzene rings is 1. The van der Waals surface area contributed by atoms with Gasteiger partial charge >= 0.3 is 56.6 Å². The van der Waals surface area contributed by atoms with Crippen LogP contribution in [-0.4, -0.2) is 56.6 Å². The Morgan fingerprint density at radius 1 is 0.333 bits per heavy atom. The van der Waals surface area contributed by atoms with E-state index in [1.807, 2.05) is 36.4 Å². The molecule has 0 aliphatic rings. The van der Waals surface area contributed by atoms with Gasteiger partial charge in [0.2, 0.25) is 0 Å². The molecule has 0 atom stereocenters. The van der Waals surface area contributed by atoms with Crippen LogP contribution in [0.15, 0.2) is 36.4 Å². The van der Waals surface area contributed by atoms with E-state index in [0.29, 0.717) is 0 Å². The molecule has 0 nitrogen and oxygen atoms in total. The van der Waals surface area contributed by atoms with E-state index in [0.717, 1.165) is 0 Å². The van der Waals surface area contributed by atoms with Crippen molar-refractivity contribution in [3.8, 4) is 0 Å². The first-order chi connectivity index (χ1) is 3.00. The molecule has 0 aliphatic heterocycles. The molecule has 0 amide bonds. The third kappa shape index (κ3) is 9.01. The topological polar surface area (TPSA) is 0 Å². The van der Waals surface area contributed by atoms with E-state index in [4.69, 9.17) is 0 Å². The third-order valence-corrected chi connectivity index (χ3v) is 0.667. The second-order valence-corrected chi connectivity index (χ2v) is 1.15. The summed E-state index contributed by atoms with van der Waals surface area (Å²) in [5.74, 6) is 0. The fourth-order valence-corrected chi connectivity index (χ4v) is 0.385. The molecule has 0 aliphatic carbocycles. The fourth-order valence-electron chi connectivity index (χ4n) is 0.385. The zero-order chi connectivity index (χ0) is 4.24. The first-order valence-electron chi connectivity index (χ1n) is 2.00. The maximum Gasteiger partial charge on any atom is -0.0623 e. The van der Waals surface area contributed by atoms with Crippen molar-refractivity contribution >= 4 is 56.6 Å². The molecular formula is C6H9Li3. The van der Waals surface area contributed by atoms with E-state index in [1.165, 1.54) is 0 Å². The molecule has 0 radical (unpaired) electrons. The summed E-state index contributed by atoms with van der Waals surface area (Å²) < 4.78 is 0. The summed E-state index contributed by atoms with van der Waals surface area (Å²) in [5.41, 5.74) is 0. The Kier molecular flexibility index (Phi) is 21.6. The van der Waals surface area contributed by atoms with E-state index in [-0.39, 0.29) is 56.6 Å². The van der Waals surface area contributed by atoms with E-state index in [2.05, 4.69) is 0 Å². The van der Waals surface area contributed by atoms with Crippen LogP contribution in [0.2, 0.25) is 0 Å². The summed E-state index contributed by atoms with van der Waals surface area (Å²) in [6, 6.07) is 12.0. The molecule has 1 rings (SSSR count). The van der Waals surface area contributed by atoms with Crippen molar-refractivity contribution in [3.05, 3.63) is 36.4 Å². The van der Waals surface area contributed by atoms with Crippen LogP contribution in [0.4, 0.5) is 0 Å². The molecular weight excluding hydrogens is 92.9 g/mol. The van der Waals surface area contributed by atoms with E-state index < -0.39 is 0 Å². The molecule has 0 unspecified atom stereocenters. The minimum absolute atomic E-state index is 0. The van der Waals surface area contributed by atoms with Crippen LogP contribution < -0.4 is 0 Å². The molecule has 9 heavy (non-hydrogen) atoms. The Morgan fingerprint density at radius 2 is 0.444 bits per heavy atom. The average Bonchev–Trinajstić information content (AvgIpc) is 1.72. The first-order valence-corrected chi connectivity index (χ1v) is 2.00. The van der Waals surface area contributed by atoms with Gasteiger partial charge in [0, 0.05) is 0 Å². The van der Waals surface area contributed by atoms with Gasteiger partial charge in [-0.3, -0.25) is 0 Å². The molecule has 0 saturated heterocycles. The predicted molar refractivity (Wildman–Crippen MR) is 47.9 cm³/mol. The van der Waals surface area contributed by atoms with E-state index >= 15 is 0 Å². The zero-order valence-electron chi connectivity index (χ0n) is 3.46. The molecule has 1 aromatic rings. The van der Waals surface area contributed by atoms with Gasteiger partial charge in [-0.1, -0.05) is 36.4 Å². The van der Waals surface area contributed by atoms with Gasteiger partial charge in [0.1, 0.15) is 0 Å². The molecule has 0 N–H and O–H groups in total. The summed E-state index contributed by atoms with van der Waals surface area (Å²) in [6.07, 6.45) is 0. The van der Waals surface area contributed by atoms with Gasteiger partial charge in [-0.15, -0.1) is 0 Å². The largest absolute Gasteiger partial charge is 0.0623 e. The van der Waals surface area contributed by atoms with Gasteiger partial charge in [0.15, 0.2) is 0 Å². The number of hydrogen-bond donors (Lipinski definition) is 0. The Bertz CT molecular complexity index is 80.2. The van der Waals surface area contributed by atoms with Crippen molar-refractivity contribution in [2.45, 2.75) is 0 Å². The Balaban J connectivity index is -0.000000120. The van der Waals surface area contributed by atoms with Gasteiger partial charge in [-0.05, 0) is 0 Å². The second-order valence-electron chi connectivity index (χ2n) is 1.15. The van der Waals surface area contributed by atoms with Gasteiger partial charge in [0.05, 0.1) is 0 Å². The normalized spacial score (nSPS) is 5.33. The monoisotopic (exact) mass is 102 g/mol. The number of rotatable bonds is 0. The molecule has 0 bridgehead atoms. The van der Waals surface area contributed by atoms with Gasteiger partial charge in [0.25, 0.3) is 0 Å². The smallest absolute Gasteiger partial charge is 0.0623 e. The third-order valence-electron chi connectivity index (χ3n) is 0.667. The molecule has 0 aromatic heterocycles. The standard InChI is InChI=1S/C6H6.3Li.3H/c1-2-4-6-5-3-1;;;;;;/h1-6H;;;;;;. The van der Waals surface area contributed by atoms with Crippen LogP contribution >= 0.6 is 0 Å². The minimum atomic E-state index is 0. The second kappa shape index (κ2) is 11.8. The van der Waals surface area contributed by atoms with Crippen molar-refractivity contribution < 1.29 is 0 Å². The van der Waals surface area contributed by atoms with Crippen LogP contribution in [-0.2, 0) is 0 Å². The van der Waals surface area contributed by atoms with Crippen molar-refractivity contribution in [1.82, 2.24) is 0 Å². The maximum atomic E-state index is 2.00. The SMILES string of the molecule is [LiH].[LiH].[LiH].c1ccccc1. The van der Waals surface area contributed by atoms with Gasteiger partial charge in [-0.25, -0.2) is 0 Å². The quantitative estimate of drug-likeness (QED) is 0.396. The van der Waals surface area contributed by atoms with Crippen LogP contribution in [0.25, 0.3) is 0 Å². The minimum Gasteiger partial charge on any atom is -0.0623 e. The molecule has 36 valence electrons.